The minimum Gasteiger partial charge on any atom is -0.494 e. The van der Waals surface area contributed by atoms with E-state index in [4.69, 9.17) is 4.74 Å². The fourth-order valence-electron chi connectivity index (χ4n) is 9.23. The van der Waals surface area contributed by atoms with Crippen molar-refractivity contribution in [1.82, 2.24) is 65.6 Å². The first-order chi connectivity index (χ1) is 37.7. The molecule has 8 rings (SSSR count). The Labute approximate surface area is 458 Å². The van der Waals surface area contributed by atoms with E-state index in [0.717, 1.165) is 88.9 Å². The van der Waals surface area contributed by atoms with Crippen molar-refractivity contribution in [2.75, 3.05) is 18.5 Å². The van der Waals surface area contributed by atoms with Gasteiger partial charge in [0, 0.05) is 69.7 Å². The van der Waals surface area contributed by atoms with Gasteiger partial charge in [-0.15, -0.1) is 26.6 Å². The van der Waals surface area contributed by atoms with Crippen LogP contribution in [0.5, 0.6) is 5.75 Å². The second-order valence-corrected chi connectivity index (χ2v) is 21.6. The molecule has 410 valence electrons. The molecular weight excluding hydrogens is 1010 g/mol. The summed E-state index contributed by atoms with van der Waals surface area (Å²) in [6, 6.07) is 23.0. The molecule has 1 fully saturated rings. The van der Waals surface area contributed by atoms with E-state index in [-0.39, 0.29) is 49.6 Å². The lowest BCUT2D eigenvalue weighted by molar-refractivity contribution is -0.144. The van der Waals surface area contributed by atoms with E-state index in [2.05, 4.69) is 56.7 Å². The van der Waals surface area contributed by atoms with Gasteiger partial charge in [-0.25, -0.2) is 15.0 Å². The molecule has 3 aromatic carbocycles. The molecule has 1 aliphatic heterocycles. The summed E-state index contributed by atoms with van der Waals surface area (Å²) in [5.41, 5.74) is 7.90. The average molecular weight is 1080 g/mol. The number of nitrogens with one attached hydrogen (secondary N) is 4. The number of ether oxygens (including phenoxy) is 1. The van der Waals surface area contributed by atoms with Gasteiger partial charge in [-0.1, -0.05) is 74.9 Å². The zero-order chi connectivity index (χ0) is 55.0. The summed E-state index contributed by atoms with van der Waals surface area (Å²) in [5.74, 6) is 0.951. The van der Waals surface area contributed by atoms with Gasteiger partial charge in [0.15, 0.2) is 11.6 Å². The maximum absolute atomic E-state index is 14.1. The van der Waals surface area contributed by atoms with Crippen LogP contribution in [0.4, 0.5) is 5.69 Å². The van der Waals surface area contributed by atoms with Crippen LogP contribution in [0.15, 0.2) is 103 Å². The van der Waals surface area contributed by atoms with Crippen LogP contribution in [0.25, 0.3) is 22.0 Å². The van der Waals surface area contributed by atoms with Crippen LogP contribution in [0, 0.1) is 12.3 Å². The normalized spacial score (nSPS) is 14.7. The van der Waals surface area contributed by atoms with Gasteiger partial charge < -0.3 is 40.6 Å². The topological polar surface area (TPSA) is 249 Å². The van der Waals surface area contributed by atoms with Crippen molar-refractivity contribution in [3.05, 3.63) is 137 Å². The summed E-state index contributed by atoms with van der Waals surface area (Å²) in [6.07, 6.45) is 10.4. The van der Waals surface area contributed by atoms with Crippen LogP contribution in [0.1, 0.15) is 111 Å². The number of aliphatic hydroxyl groups is 1. The Morgan fingerprint density at radius 3 is 2.45 bits per heavy atom. The van der Waals surface area contributed by atoms with Gasteiger partial charge in [0.05, 0.1) is 41.0 Å². The number of anilines is 1. The minimum atomic E-state index is -0.887. The number of amides is 4. The second kappa shape index (κ2) is 26.9. The number of nitrogens with zero attached hydrogens (tertiary/aromatic N) is 10. The number of hydrogen-bond donors (Lipinski definition) is 5. The summed E-state index contributed by atoms with van der Waals surface area (Å²) >= 11 is 1.58. The summed E-state index contributed by atoms with van der Waals surface area (Å²) in [6.45, 7) is 10.00. The van der Waals surface area contributed by atoms with E-state index < -0.39 is 23.6 Å². The molecule has 0 aliphatic carbocycles. The Kier molecular flexibility index (Phi) is 19.4. The quantitative estimate of drug-likeness (QED) is 0.0343. The number of aromatic nitrogens is 9. The molecule has 1 saturated heterocycles. The lowest BCUT2D eigenvalue weighted by Gasteiger charge is -2.35. The number of aliphatic hydroxyl groups excluding tert-OH is 1. The van der Waals surface area contributed by atoms with Crippen molar-refractivity contribution in [2.24, 2.45) is 12.5 Å². The van der Waals surface area contributed by atoms with Crippen molar-refractivity contribution in [3.8, 4) is 27.7 Å². The number of rotatable bonds is 26. The first kappa shape index (κ1) is 56.3. The fourth-order valence-corrected chi connectivity index (χ4v) is 10.0. The van der Waals surface area contributed by atoms with Crippen LogP contribution in [0.3, 0.4) is 0 Å². The van der Waals surface area contributed by atoms with Crippen molar-refractivity contribution < 1.29 is 29.0 Å². The van der Waals surface area contributed by atoms with Gasteiger partial charge in [0.1, 0.15) is 29.9 Å². The Bertz CT molecular complexity index is 3100. The van der Waals surface area contributed by atoms with E-state index in [0.29, 0.717) is 49.6 Å². The zero-order valence-electron chi connectivity index (χ0n) is 45.0. The summed E-state index contributed by atoms with van der Waals surface area (Å²) in [4.78, 5) is 69.0. The molecule has 5 N–H and O–H groups in total. The van der Waals surface area contributed by atoms with Gasteiger partial charge in [0.2, 0.25) is 17.7 Å². The minimum absolute atomic E-state index is 0.0143. The second-order valence-electron chi connectivity index (χ2n) is 20.7. The van der Waals surface area contributed by atoms with E-state index >= 15 is 0 Å². The van der Waals surface area contributed by atoms with E-state index in [9.17, 15) is 24.3 Å². The molecule has 4 aromatic heterocycles. The molecule has 5 heterocycles. The Balaban J connectivity index is 0.682. The molecule has 0 radical (unpaired) electrons. The van der Waals surface area contributed by atoms with Crippen LogP contribution in [-0.4, -0.2) is 110 Å². The molecule has 4 amide bonds. The molecule has 0 saturated carbocycles. The molecule has 7 aromatic rings. The Morgan fingerprint density at radius 2 is 1.67 bits per heavy atom. The Morgan fingerprint density at radius 1 is 0.859 bits per heavy atom. The largest absolute Gasteiger partial charge is 0.494 e. The SMILES string of the molecule is Cc1ncsc1-c1ccc(CNC(=O)[C@@H]2C[C@@H](O)CN2C(=O)C(NC(=O)CCCCc2cn(CCCCCCOc3cccc(CNC(=O)c4cccc(NCc5nnc(-c6ccncn6)n5C)c4)c3)nn2)C(C)(C)C)cc1. The fraction of sp³-hybridized carbons (Fsp3) is 0.421. The highest BCUT2D eigenvalue weighted by molar-refractivity contribution is 7.13. The number of benzene rings is 3. The van der Waals surface area contributed by atoms with Gasteiger partial charge in [0.25, 0.3) is 5.91 Å². The highest BCUT2D eigenvalue weighted by Crippen LogP contribution is 2.29. The smallest absolute Gasteiger partial charge is 0.251 e. The molecule has 21 heteroatoms. The number of likely N-dealkylation sites (tertiary alicyclic amines) is 1. The van der Waals surface area contributed by atoms with Crippen molar-refractivity contribution in [2.45, 2.75) is 130 Å². The molecular formula is C57H70N14O6S. The number of β-amino-alcohol motifs (C(OH)–C–C–N with tert-alkyl or cyclic N) is 1. The number of thiazole rings is 1. The van der Waals surface area contributed by atoms with Crippen LogP contribution < -0.4 is 26.0 Å². The van der Waals surface area contributed by atoms with Gasteiger partial charge >= 0.3 is 0 Å². The summed E-state index contributed by atoms with van der Waals surface area (Å²) < 4.78 is 9.80. The molecule has 78 heavy (non-hydrogen) atoms. The molecule has 1 unspecified atom stereocenters. The maximum Gasteiger partial charge on any atom is 0.251 e. The maximum atomic E-state index is 14.1. The number of carbonyl (C=O) groups excluding carboxylic acids is 4. The monoisotopic (exact) mass is 1080 g/mol. The third-order valence-corrected chi connectivity index (χ3v) is 14.6. The molecule has 20 nitrogen and oxygen atoms in total. The zero-order valence-corrected chi connectivity index (χ0v) is 45.8. The lowest BCUT2D eigenvalue weighted by atomic mass is 9.85. The van der Waals surface area contributed by atoms with E-state index in [1.54, 1.807) is 29.7 Å². The number of hydrogen-bond acceptors (Lipinski definition) is 15. The molecule has 0 bridgehead atoms. The number of unbranched alkanes of at least 4 members (excludes halogenated alkanes) is 4. The highest BCUT2D eigenvalue weighted by Gasteiger charge is 2.44. The third kappa shape index (κ3) is 15.6. The predicted molar refractivity (Wildman–Crippen MR) is 297 cm³/mol. The van der Waals surface area contributed by atoms with Crippen molar-refractivity contribution in [3.63, 3.8) is 0 Å². The average Bonchev–Trinajstić information content (AvgIpc) is 4.30. The van der Waals surface area contributed by atoms with Crippen LogP contribution in [-0.2, 0) is 54.0 Å². The van der Waals surface area contributed by atoms with Gasteiger partial charge in [-0.05, 0) is 104 Å². The van der Waals surface area contributed by atoms with Crippen molar-refractivity contribution in [1.29, 1.82) is 0 Å². The third-order valence-electron chi connectivity index (χ3n) is 13.6. The number of carbonyl (C=O) groups is 4. The van der Waals surface area contributed by atoms with E-state index in [1.807, 2.05) is 122 Å². The Hall–Kier alpha value is -7.91. The molecule has 1 aliphatic rings. The lowest BCUT2D eigenvalue weighted by Crippen LogP contribution is -2.57. The standard InChI is InChI=1S/C57H70N14O6S/c1-38-51(78-37-63-38)41-22-20-39(21-23-41)31-61-55(75)48-30-45(72)35-71(48)56(76)52(57(2,3)4)64-50(73)19-9-8-16-44-34-70(68-65-44)26-10-6-7-11-27-77-46-18-12-14-40(28-46)32-60-54(74)42-15-13-17-43(29-42)59-33-49-66-67-53(69(49)5)47-24-25-58-36-62-47/h12-15,17-18,20-25,28-29,34,36-37,45,48,52,59,72H,6-11,16,19,26-27,30-33,35H2,1-5H3,(H,60,74)(H,61,75)(H,64,73)/t45-,48+,52?/m1/s1. The van der Waals surface area contributed by atoms with E-state index in [1.165, 1.54) is 11.2 Å². The van der Waals surface area contributed by atoms with Crippen molar-refractivity contribution >= 4 is 40.7 Å². The first-order valence-electron chi connectivity index (χ1n) is 26.6. The van der Waals surface area contributed by atoms with Crippen LogP contribution >= 0.6 is 11.3 Å². The first-order valence-corrected chi connectivity index (χ1v) is 27.5. The van der Waals surface area contributed by atoms with Crippen LogP contribution in [0.2, 0.25) is 0 Å². The summed E-state index contributed by atoms with van der Waals surface area (Å²) in [5, 5.41) is 40.1. The summed E-state index contributed by atoms with van der Waals surface area (Å²) in [7, 11) is 1.88. The molecule has 0 spiro atoms. The van der Waals surface area contributed by atoms with Gasteiger partial charge in [-0.3, -0.25) is 23.9 Å². The van der Waals surface area contributed by atoms with Gasteiger partial charge in [-0.2, -0.15) is 0 Å². The predicted octanol–water partition coefficient (Wildman–Crippen LogP) is 7.00. The molecule has 3 atom stereocenters. The number of aryl methyl sites for hydroxylation is 3. The highest BCUT2D eigenvalue weighted by atomic mass is 32.1.